The van der Waals surface area contributed by atoms with Gasteiger partial charge in [-0.2, -0.15) is 0 Å². The van der Waals surface area contributed by atoms with Crippen LogP contribution in [0.3, 0.4) is 0 Å². The number of amides is 2. The number of rotatable bonds is 10. The molecular weight excluding hydrogens is 516 g/mol. The molecule has 0 fully saturated rings. The molecule has 0 saturated carbocycles. The summed E-state index contributed by atoms with van der Waals surface area (Å²) in [6, 6.07) is 25.7. The third-order valence-electron chi connectivity index (χ3n) is 7.29. The van der Waals surface area contributed by atoms with Gasteiger partial charge in [0.25, 0.3) is 5.91 Å². The number of aliphatic hydroxyl groups excluding tert-OH is 1. The van der Waals surface area contributed by atoms with Crippen molar-refractivity contribution in [2.45, 2.75) is 26.2 Å². The number of nitrogens with zero attached hydrogens (tertiary/aromatic N) is 4. The highest BCUT2D eigenvalue weighted by Crippen LogP contribution is 2.35. The number of ether oxygens (including phenoxy) is 1. The zero-order chi connectivity index (χ0) is 28.9. The predicted molar refractivity (Wildman–Crippen MR) is 160 cm³/mol. The SMILES string of the molecule is CN(C)C(=O)c1ncc2c(c1CO)c1cc(OCc3ccccc3)ccc1n2CC(=O)N(C)CCc1ccccc1. The zero-order valence-corrected chi connectivity index (χ0v) is 23.6. The fourth-order valence-electron chi connectivity index (χ4n) is 5.00. The number of hydrogen-bond acceptors (Lipinski definition) is 5. The van der Waals surface area contributed by atoms with E-state index in [4.69, 9.17) is 4.74 Å². The second-order valence-corrected chi connectivity index (χ2v) is 10.3. The lowest BCUT2D eigenvalue weighted by molar-refractivity contribution is -0.130. The maximum atomic E-state index is 13.4. The minimum Gasteiger partial charge on any atom is -0.489 e. The van der Waals surface area contributed by atoms with E-state index in [1.54, 1.807) is 32.2 Å². The number of pyridine rings is 1. The second-order valence-electron chi connectivity index (χ2n) is 10.3. The number of hydrogen-bond donors (Lipinski definition) is 1. The topological polar surface area (TPSA) is 87.9 Å². The van der Waals surface area contributed by atoms with E-state index in [0.717, 1.165) is 22.9 Å². The van der Waals surface area contributed by atoms with Crippen LogP contribution < -0.4 is 4.74 Å². The molecule has 0 atom stereocenters. The third kappa shape index (κ3) is 5.93. The molecule has 0 saturated heterocycles. The van der Waals surface area contributed by atoms with E-state index in [-0.39, 0.29) is 30.7 Å². The van der Waals surface area contributed by atoms with Crippen molar-refractivity contribution >= 4 is 33.6 Å². The Morgan fingerprint density at radius 3 is 2.24 bits per heavy atom. The van der Waals surface area contributed by atoms with Gasteiger partial charge >= 0.3 is 0 Å². The van der Waals surface area contributed by atoms with Gasteiger partial charge in [-0.3, -0.25) is 9.59 Å². The number of likely N-dealkylation sites (N-methyl/N-ethyl adjacent to an activating group) is 1. The number of aromatic nitrogens is 2. The van der Waals surface area contributed by atoms with E-state index in [0.29, 0.717) is 35.4 Å². The highest BCUT2D eigenvalue weighted by Gasteiger charge is 2.24. The minimum absolute atomic E-state index is 0.0527. The van der Waals surface area contributed by atoms with E-state index >= 15 is 0 Å². The van der Waals surface area contributed by atoms with E-state index in [9.17, 15) is 14.7 Å². The van der Waals surface area contributed by atoms with Crippen LogP contribution in [0.25, 0.3) is 21.8 Å². The molecule has 8 heteroatoms. The van der Waals surface area contributed by atoms with Crippen LogP contribution in [0, 0.1) is 0 Å². The number of carbonyl (C=O) groups is 2. The first kappa shape index (κ1) is 27.9. The van der Waals surface area contributed by atoms with Crippen molar-refractivity contribution in [1.29, 1.82) is 0 Å². The Hall–Kier alpha value is -4.69. The van der Waals surface area contributed by atoms with Crippen LogP contribution in [-0.4, -0.2) is 64.0 Å². The molecule has 41 heavy (non-hydrogen) atoms. The summed E-state index contributed by atoms with van der Waals surface area (Å²) < 4.78 is 8.01. The molecule has 0 radical (unpaired) electrons. The Balaban J connectivity index is 1.53. The van der Waals surface area contributed by atoms with Gasteiger partial charge in [0, 0.05) is 49.5 Å². The molecule has 3 aromatic carbocycles. The first-order chi connectivity index (χ1) is 19.9. The van der Waals surface area contributed by atoms with E-state index in [1.165, 1.54) is 10.5 Å². The number of aliphatic hydroxyl groups is 1. The summed E-state index contributed by atoms with van der Waals surface area (Å²) in [6.45, 7) is 0.689. The molecule has 0 aliphatic carbocycles. The van der Waals surface area contributed by atoms with E-state index < -0.39 is 0 Å². The molecular formula is C33H34N4O4. The Labute approximate surface area is 239 Å². The van der Waals surface area contributed by atoms with Crippen LogP contribution in [0.5, 0.6) is 5.75 Å². The van der Waals surface area contributed by atoms with Crippen LogP contribution in [-0.2, 0) is 31.0 Å². The summed E-state index contributed by atoms with van der Waals surface area (Å²) in [5.41, 5.74) is 4.29. The molecule has 0 unspecified atom stereocenters. The summed E-state index contributed by atoms with van der Waals surface area (Å²) in [5, 5.41) is 11.9. The molecule has 5 aromatic rings. The number of benzene rings is 3. The van der Waals surface area contributed by atoms with Crippen molar-refractivity contribution in [2.75, 3.05) is 27.7 Å². The fourth-order valence-corrected chi connectivity index (χ4v) is 5.00. The maximum Gasteiger partial charge on any atom is 0.272 e. The molecule has 2 aromatic heterocycles. The average molecular weight is 551 g/mol. The van der Waals surface area contributed by atoms with Gasteiger partial charge in [0.05, 0.1) is 18.3 Å². The Morgan fingerprint density at radius 1 is 0.902 bits per heavy atom. The fraction of sp³-hybridized carbons (Fsp3) is 0.242. The van der Waals surface area contributed by atoms with Crippen LogP contribution in [0.4, 0.5) is 0 Å². The van der Waals surface area contributed by atoms with E-state index in [1.807, 2.05) is 71.3 Å². The molecule has 8 nitrogen and oxygen atoms in total. The van der Waals surface area contributed by atoms with Crippen molar-refractivity contribution in [3.05, 3.63) is 107 Å². The predicted octanol–water partition coefficient (Wildman–Crippen LogP) is 4.66. The lowest BCUT2D eigenvalue weighted by atomic mass is 10.0. The first-order valence-corrected chi connectivity index (χ1v) is 13.6. The smallest absolute Gasteiger partial charge is 0.272 e. The van der Waals surface area contributed by atoms with Crippen LogP contribution in [0.1, 0.15) is 27.2 Å². The van der Waals surface area contributed by atoms with Gasteiger partial charge in [-0.15, -0.1) is 0 Å². The molecule has 0 aliphatic heterocycles. The first-order valence-electron chi connectivity index (χ1n) is 13.6. The summed E-state index contributed by atoms with van der Waals surface area (Å²) >= 11 is 0. The molecule has 0 bridgehead atoms. The molecule has 5 rings (SSSR count). The standard InChI is InChI=1S/C33H34N4O4/c1-35(2)33(40)32-27(21-38)31-26-18-25(41-22-24-12-8-5-9-13-24)14-15-28(26)37(29(31)19-34-32)20-30(39)36(3)17-16-23-10-6-4-7-11-23/h4-15,18-19,38H,16-17,20-22H2,1-3H3. The van der Waals surface area contributed by atoms with Gasteiger partial charge < -0.3 is 24.2 Å². The van der Waals surface area contributed by atoms with Crippen molar-refractivity contribution in [3.8, 4) is 5.75 Å². The van der Waals surface area contributed by atoms with Gasteiger partial charge in [-0.1, -0.05) is 60.7 Å². The highest BCUT2D eigenvalue weighted by atomic mass is 16.5. The summed E-state index contributed by atoms with van der Waals surface area (Å²) in [4.78, 5) is 34.0. The second kappa shape index (κ2) is 12.2. The van der Waals surface area contributed by atoms with Gasteiger partial charge in [0.15, 0.2) is 0 Å². The van der Waals surface area contributed by atoms with Gasteiger partial charge in [0.1, 0.15) is 24.6 Å². The van der Waals surface area contributed by atoms with Crippen LogP contribution >= 0.6 is 0 Å². The normalized spacial score (nSPS) is 11.1. The summed E-state index contributed by atoms with van der Waals surface area (Å²) in [7, 11) is 5.11. The lowest BCUT2D eigenvalue weighted by Gasteiger charge is -2.19. The quantitative estimate of drug-likeness (QED) is 0.273. The Morgan fingerprint density at radius 2 is 1.59 bits per heavy atom. The van der Waals surface area contributed by atoms with Crippen molar-refractivity contribution in [2.24, 2.45) is 0 Å². The molecule has 1 N–H and O–H groups in total. The zero-order valence-electron chi connectivity index (χ0n) is 23.6. The molecule has 0 aliphatic rings. The summed E-state index contributed by atoms with van der Waals surface area (Å²) in [5.74, 6) is 0.293. The van der Waals surface area contributed by atoms with Crippen molar-refractivity contribution in [1.82, 2.24) is 19.4 Å². The van der Waals surface area contributed by atoms with Gasteiger partial charge in [0.2, 0.25) is 5.91 Å². The maximum absolute atomic E-state index is 13.4. The third-order valence-corrected chi connectivity index (χ3v) is 7.29. The van der Waals surface area contributed by atoms with Crippen LogP contribution in [0.15, 0.2) is 85.1 Å². The van der Waals surface area contributed by atoms with Gasteiger partial charge in [-0.25, -0.2) is 4.98 Å². The summed E-state index contributed by atoms with van der Waals surface area (Å²) in [6.07, 6.45) is 2.37. The van der Waals surface area contributed by atoms with Crippen molar-refractivity contribution < 1.29 is 19.4 Å². The lowest BCUT2D eigenvalue weighted by Crippen LogP contribution is -2.32. The molecule has 2 heterocycles. The van der Waals surface area contributed by atoms with E-state index in [2.05, 4.69) is 17.1 Å². The number of carbonyl (C=O) groups excluding carboxylic acids is 2. The van der Waals surface area contributed by atoms with Crippen molar-refractivity contribution in [3.63, 3.8) is 0 Å². The molecule has 210 valence electrons. The molecule has 0 spiro atoms. The monoisotopic (exact) mass is 550 g/mol. The minimum atomic E-state index is -0.377. The van der Waals surface area contributed by atoms with Gasteiger partial charge in [-0.05, 0) is 35.7 Å². The Bertz CT molecular complexity index is 1680. The average Bonchev–Trinajstić information content (AvgIpc) is 3.31. The Kier molecular flexibility index (Phi) is 8.31. The molecule has 2 amide bonds. The largest absolute Gasteiger partial charge is 0.489 e. The van der Waals surface area contributed by atoms with Crippen LogP contribution in [0.2, 0.25) is 0 Å². The highest BCUT2D eigenvalue weighted by molar-refractivity contribution is 6.13. The number of fused-ring (bicyclic) bond motifs is 3.